The predicted molar refractivity (Wildman–Crippen MR) is 69.1 cm³/mol. The average molecular weight is 247 g/mol. The Morgan fingerprint density at radius 2 is 2.11 bits per heavy atom. The molecule has 3 N–H and O–H groups in total. The summed E-state index contributed by atoms with van der Waals surface area (Å²) in [5.41, 5.74) is 6.94. The van der Waals surface area contributed by atoms with E-state index in [1.54, 1.807) is 12.3 Å². The van der Waals surface area contributed by atoms with Gasteiger partial charge in [-0.05, 0) is 6.07 Å². The summed E-state index contributed by atoms with van der Waals surface area (Å²) in [5, 5.41) is 17.7. The largest absolute Gasteiger partial charge is 0.396 e. The van der Waals surface area contributed by atoms with Crippen LogP contribution in [-0.4, -0.2) is 54.3 Å². The second kappa shape index (κ2) is 5.67. The second-order valence-corrected chi connectivity index (χ2v) is 4.30. The van der Waals surface area contributed by atoms with Gasteiger partial charge in [-0.1, -0.05) is 0 Å². The Labute approximate surface area is 106 Å². The zero-order valence-corrected chi connectivity index (χ0v) is 10.2. The van der Waals surface area contributed by atoms with Crippen LogP contribution in [0.3, 0.4) is 0 Å². The van der Waals surface area contributed by atoms with Crippen molar-refractivity contribution in [1.82, 2.24) is 9.88 Å². The maximum Gasteiger partial charge on any atom is 0.151 e. The molecule has 1 aromatic rings. The number of pyridine rings is 1. The Morgan fingerprint density at radius 1 is 1.39 bits per heavy atom. The molecule has 2 heterocycles. The van der Waals surface area contributed by atoms with Crippen LogP contribution in [0.5, 0.6) is 0 Å². The van der Waals surface area contributed by atoms with Crippen molar-refractivity contribution >= 4 is 11.5 Å². The number of aliphatic hydroxyl groups is 1. The van der Waals surface area contributed by atoms with Crippen molar-refractivity contribution < 1.29 is 5.11 Å². The first kappa shape index (κ1) is 12.6. The van der Waals surface area contributed by atoms with Crippen LogP contribution in [0.1, 0.15) is 5.56 Å². The molecule has 6 heteroatoms. The van der Waals surface area contributed by atoms with E-state index in [9.17, 15) is 0 Å². The monoisotopic (exact) mass is 247 g/mol. The molecule has 1 aliphatic heterocycles. The molecule has 0 aliphatic carbocycles. The highest BCUT2D eigenvalue weighted by molar-refractivity contribution is 5.64. The molecule has 0 aromatic carbocycles. The number of aliphatic hydroxyl groups excluding tert-OH is 1. The van der Waals surface area contributed by atoms with Gasteiger partial charge in [0.25, 0.3) is 0 Å². The molecule has 0 saturated carbocycles. The standard InChI is InChI=1S/C12H17N5O/c13-8-10-7-11(14)12(15-9-10)17-3-1-16(2-4-17)5-6-18/h7,9,18H,1-6,14H2. The zero-order valence-electron chi connectivity index (χ0n) is 10.2. The maximum atomic E-state index is 8.88. The van der Waals surface area contributed by atoms with E-state index in [2.05, 4.69) is 14.8 Å². The number of hydrogen-bond donors (Lipinski definition) is 2. The van der Waals surface area contributed by atoms with Crippen LogP contribution in [0.25, 0.3) is 0 Å². The van der Waals surface area contributed by atoms with Gasteiger partial charge in [0.1, 0.15) is 6.07 Å². The van der Waals surface area contributed by atoms with Crippen molar-refractivity contribution in [2.45, 2.75) is 0 Å². The summed E-state index contributed by atoms with van der Waals surface area (Å²) in [6.45, 7) is 4.36. The molecule has 1 saturated heterocycles. The zero-order chi connectivity index (χ0) is 13.0. The summed E-state index contributed by atoms with van der Waals surface area (Å²) in [7, 11) is 0. The molecule has 1 aromatic heterocycles. The fourth-order valence-electron chi connectivity index (χ4n) is 2.12. The third-order valence-electron chi connectivity index (χ3n) is 3.11. The first-order chi connectivity index (χ1) is 8.74. The maximum absolute atomic E-state index is 8.88. The summed E-state index contributed by atoms with van der Waals surface area (Å²) >= 11 is 0. The van der Waals surface area contributed by atoms with Crippen molar-refractivity contribution in [1.29, 1.82) is 5.26 Å². The van der Waals surface area contributed by atoms with E-state index in [1.807, 2.05) is 6.07 Å². The minimum absolute atomic E-state index is 0.192. The highest BCUT2D eigenvalue weighted by atomic mass is 16.3. The van der Waals surface area contributed by atoms with Crippen molar-refractivity contribution in [3.63, 3.8) is 0 Å². The molecule has 18 heavy (non-hydrogen) atoms. The lowest BCUT2D eigenvalue weighted by molar-refractivity contribution is 0.188. The van der Waals surface area contributed by atoms with Crippen molar-refractivity contribution in [2.75, 3.05) is 50.0 Å². The van der Waals surface area contributed by atoms with Gasteiger partial charge >= 0.3 is 0 Å². The van der Waals surface area contributed by atoms with Gasteiger partial charge in [0.05, 0.1) is 17.9 Å². The molecular formula is C12H17N5O. The number of nitrogen functional groups attached to an aromatic ring is 1. The van der Waals surface area contributed by atoms with E-state index in [-0.39, 0.29) is 6.61 Å². The number of nitriles is 1. The highest BCUT2D eigenvalue weighted by Gasteiger charge is 2.19. The number of β-amino-alcohol motifs (C(OH)–C–C–N with tert-alkyl or cyclic N) is 1. The minimum Gasteiger partial charge on any atom is -0.396 e. The predicted octanol–water partition coefficient (Wildman–Crippen LogP) is -0.350. The molecule has 1 fully saturated rings. The number of nitrogens with two attached hydrogens (primary N) is 1. The van der Waals surface area contributed by atoms with Crippen LogP contribution in [0.4, 0.5) is 11.5 Å². The van der Waals surface area contributed by atoms with Crippen LogP contribution in [0.2, 0.25) is 0 Å². The van der Waals surface area contributed by atoms with Gasteiger partial charge in [-0.25, -0.2) is 4.98 Å². The van der Waals surface area contributed by atoms with Crippen molar-refractivity contribution in [3.05, 3.63) is 17.8 Å². The number of anilines is 2. The van der Waals surface area contributed by atoms with E-state index < -0.39 is 0 Å². The highest BCUT2D eigenvalue weighted by Crippen LogP contribution is 2.22. The molecule has 0 amide bonds. The van der Waals surface area contributed by atoms with Gasteiger partial charge in [-0.3, -0.25) is 4.90 Å². The van der Waals surface area contributed by atoms with Gasteiger partial charge in [0.2, 0.25) is 0 Å². The van der Waals surface area contributed by atoms with Gasteiger partial charge in [0, 0.05) is 38.9 Å². The molecule has 6 nitrogen and oxygen atoms in total. The normalized spacial score (nSPS) is 16.6. The van der Waals surface area contributed by atoms with Gasteiger partial charge in [-0.2, -0.15) is 5.26 Å². The van der Waals surface area contributed by atoms with Crippen LogP contribution < -0.4 is 10.6 Å². The quantitative estimate of drug-likeness (QED) is 0.759. The van der Waals surface area contributed by atoms with Crippen LogP contribution in [0.15, 0.2) is 12.3 Å². The first-order valence-electron chi connectivity index (χ1n) is 5.98. The first-order valence-corrected chi connectivity index (χ1v) is 5.98. The van der Waals surface area contributed by atoms with Gasteiger partial charge in [0.15, 0.2) is 5.82 Å². The number of piperazine rings is 1. The Balaban J connectivity index is 2.04. The topological polar surface area (TPSA) is 89.4 Å². The molecular weight excluding hydrogens is 230 g/mol. The smallest absolute Gasteiger partial charge is 0.151 e. The molecule has 0 unspecified atom stereocenters. The molecule has 1 aliphatic rings. The lowest BCUT2D eigenvalue weighted by Crippen LogP contribution is -2.47. The van der Waals surface area contributed by atoms with Crippen LogP contribution in [0, 0.1) is 11.3 Å². The lowest BCUT2D eigenvalue weighted by Gasteiger charge is -2.35. The van der Waals surface area contributed by atoms with Gasteiger partial charge in [-0.15, -0.1) is 0 Å². The van der Waals surface area contributed by atoms with E-state index in [1.165, 1.54) is 0 Å². The SMILES string of the molecule is N#Cc1cnc(N2CCN(CCO)CC2)c(N)c1. The molecule has 2 rings (SSSR count). The Morgan fingerprint density at radius 3 is 2.67 bits per heavy atom. The Bertz CT molecular complexity index is 448. The minimum atomic E-state index is 0.192. The number of aromatic nitrogens is 1. The fourth-order valence-corrected chi connectivity index (χ4v) is 2.12. The lowest BCUT2D eigenvalue weighted by atomic mass is 10.2. The van der Waals surface area contributed by atoms with E-state index in [0.29, 0.717) is 17.8 Å². The molecule has 0 atom stereocenters. The summed E-state index contributed by atoms with van der Waals surface area (Å²) < 4.78 is 0. The Kier molecular flexibility index (Phi) is 3.97. The summed E-state index contributed by atoms with van der Waals surface area (Å²) in [6, 6.07) is 3.68. The van der Waals surface area contributed by atoms with E-state index in [4.69, 9.17) is 16.1 Å². The third kappa shape index (κ3) is 2.70. The van der Waals surface area contributed by atoms with Crippen LogP contribution >= 0.6 is 0 Å². The number of nitrogens with zero attached hydrogens (tertiary/aromatic N) is 4. The summed E-state index contributed by atoms with van der Waals surface area (Å²) in [5.74, 6) is 0.748. The Hall–Kier alpha value is -1.84. The molecule has 0 bridgehead atoms. The molecule has 0 spiro atoms. The summed E-state index contributed by atoms with van der Waals surface area (Å²) in [6.07, 6.45) is 1.55. The second-order valence-electron chi connectivity index (χ2n) is 4.30. The average Bonchev–Trinajstić information content (AvgIpc) is 2.40. The fraction of sp³-hybridized carbons (Fsp3) is 0.500. The van der Waals surface area contributed by atoms with Crippen molar-refractivity contribution in [3.8, 4) is 6.07 Å². The number of hydrogen-bond acceptors (Lipinski definition) is 6. The molecule has 0 radical (unpaired) electrons. The van der Waals surface area contributed by atoms with E-state index in [0.717, 1.165) is 32.0 Å². The van der Waals surface area contributed by atoms with E-state index >= 15 is 0 Å². The summed E-state index contributed by atoms with van der Waals surface area (Å²) in [4.78, 5) is 8.57. The third-order valence-corrected chi connectivity index (χ3v) is 3.11. The van der Waals surface area contributed by atoms with Gasteiger partial charge < -0.3 is 15.7 Å². The van der Waals surface area contributed by atoms with Crippen LogP contribution in [-0.2, 0) is 0 Å². The number of rotatable bonds is 3. The molecule has 96 valence electrons. The van der Waals surface area contributed by atoms with Crippen molar-refractivity contribution in [2.24, 2.45) is 0 Å².